The van der Waals surface area contributed by atoms with Gasteiger partial charge in [-0.3, -0.25) is 4.79 Å². The lowest BCUT2D eigenvalue weighted by molar-refractivity contribution is 0.0957. The molecule has 0 radical (unpaired) electrons. The van der Waals surface area contributed by atoms with Gasteiger partial charge >= 0.3 is 0 Å². The van der Waals surface area contributed by atoms with Gasteiger partial charge in [0.05, 0.1) is 4.88 Å². The van der Waals surface area contributed by atoms with Gasteiger partial charge in [0.1, 0.15) is 11.5 Å². The topological polar surface area (TPSA) is 57.8 Å². The van der Waals surface area contributed by atoms with Crippen LogP contribution >= 0.6 is 11.3 Å². The first-order valence-electron chi connectivity index (χ1n) is 8.71. The lowest BCUT2D eigenvalue weighted by Crippen LogP contribution is -2.25. The summed E-state index contributed by atoms with van der Waals surface area (Å²) in [5, 5.41) is 5.99. The van der Waals surface area contributed by atoms with Crippen LogP contribution in [0.2, 0.25) is 0 Å². The maximum atomic E-state index is 12.9. The second-order valence-electron chi connectivity index (χ2n) is 6.29. The number of thiophene rings is 1. The summed E-state index contributed by atoms with van der Waals surface area (Å²) in [6.07, 6.45) is 5.00. The molecule has 4 aromatic rings. The van der Waals surface area contributed by atoms with Crippen LogP contribution in [0.4, 0.5) is 4.39 Å². The van der Waals surface area contributed by atoms with Crippen LogP contribution in [0.1, 0.15) is 26.4 Å². The van der Waals surface area contributed by atoms with Gasteiger partial charge in [-0.1, -0.05) is 12.1 Å². The molecule has 1 aromatic carbocycles. The van der Waals surface area contributed by atoms with Gasteiger partial charge in [-0.15, -0.1) is 11.3 Å². The highest BCUT2D eigenvalue weighted by atomic mass is 32.1. The van der Waals surface area contributed by atoms with Crippen molar-refractivity contribution in [2.45, 2.75) is 12.8 Å². The van der Waals surface area contributed by atoms with Crippen LogP contribution in [0.5, 0.6) is 0 Å². The number of hydrogen-bond donors (Lipinski definition) is 2. The zero-order chi connectivity index (χ0) is 18.6. The number of carbonyl (C=O) groups excluding carboxylic acids is 1. The maximum absolute atomic E-state index is 12.9. The van der Waals surface area contributed by atoms with Crippen LogP contribution in [-0.2, 0) is 12.8 Å². The molecule has 1 amide bonds. The van der Waals surface area contributed by atoms with E-state index in [1.54, 1.807) is 18.3 Å². The summed E-state index contributed by atoms with van der Waals surface area (Å²) in [7, 11) is 0. The molecule has 0 saturated heterocycles. The average molecular weight is 379 g/mol. The molecular formula is C21H18FN3OS. The van der Waals surface area contributed by atoms with Gasteiger partial charge in [0, 0.05) is 24.3 Å². The van der Waals surface area contributed by atoms with Crippen LogP contribution in [0.15, 0.2) is 60.2 Å². The Balaban J connectivity index is 1.42. The minimum absolute atomic E-state index is 0.0681. The highest BCUT2D eigenvalue weighted by molar-refractivity contribution is 7.12. The maximum Gasteiger partial charge on any atom is 0.261 e. The van der Waals surface area contributed by atoms with Crippen molar-refractivity contribution in [3.63, 3.8) is 0 Å². The molecule has 0 aliphatic carbocycles. The van der Waals surface area contributed by atoms with E-state index in [2.05, 4.69) is 15.3 Å². The van der Waals surface area contributed by atoms with E-state index in [1.165, 1.54) is 23.5 Å². The van der Waals surface area contributed by atoms with E-state index in [1.807, 2.05) is 29.8 Å². The van der Waals surface area contributed by atoms with Gasteiger partial charge < -0.3 is 10.3 Å². The number of rotatable bonds is 6. The first-order chi connectivity index (χ1) is 13.2. The Bertz CT molecular complexity index is 1070. The molecule has 4 rings (SSSR count). The third kappa shape index (κ3) is 3.90. The average Bonchev–Trinajstić information content (AvgIpc) is 3.33. The smallest absolute Gasteiger partial charge is 0.261 e. The van der Waals surface area contributed by atoms with E-state index < -0.39 is 0 Å². The standard InChI is InChI=1S/C21H18FN3OS/c22-17-3-1-14(2-4-17)5-9-25-21(26)19-16(8-12-27-19)13-15-6-10-23-20-18(15)7-11-24-20/h1-4,6-8,10-12H,5,9,13H2,(H,23,24)(H,25,26). The van der Waals surface area contributed by atoms with Gasteiger partial charge in [-0.25, -0.2) is 9.37 Å². The Morgan fingerprint density at radius 2 is 1.96 bits per heavy atom. The van der Waals surface area contributed by atoms with Gasteiger partial charge in [0.25, 0.3) is 5.91 Å². The summed E-state index contributed by atoms with van der Waals surface area (Å²) in [5.41, 5.74) is 4.00. The first kappa shape index (κ1) is 17.4. The van der Waals surface area contributed by atoms with Crippen molar-refractivity contribution in [1.29, 1.82) is 0 Å². The molecule has 0 spiro atoms. The van der Waals surface area contributed by atoms with Crippen LogP contribution in [-0.4, -0.2) is 22.4 Å². The van der Waals surface area contributed by atoms with Crippen molar-refractivity contribution >= 4 is 28.3 Å². The lowest BCUT2D eigenvalue weighted by atomic mass is 10.0. The number of amides is 1. The Morgan fingerprint density at radius 1 is 1.11 bits per heavy atom. The van der Waals surface area contributed by atoms with Crippen LogP contribution < -0.4 is 5.32 Å². The predicted octanol–water partition coefficient (Wildman–Crippen LogP) is 4.33. The highest BCUT2D eigenvalue weighted by Gasteiger charge is 2.14. The quantitative estimate of drug-likeness (QED) is 0.524. The first-order valence-corrected chi connectivity index (χ1v) is 9.58. The SMILES string of the molecule is O=C(NCCc1ccc(F)cc1)c1sccc1Cc1ccnc2[nH]ccc12. The minimum Gasteiger partial charge on any atom is -0.351 e. The number of halogens is 1. The Morgan fingerprint density at radius 3 is 2.81 bits per heavy atom. The number of nitrogens with zero attached hydrogens (tertiary/aromatic N) is 1. The molecule has 0 saturated carbocycles. The molecule has 3 heterocycles. The highest BCUT2D eigenvalue weighted by Crippen LogP contribution is 2.24. The molecule has 0 aliphatic rings. The number of pyridine rings is 1. The molecule has 4 nitrogen and oxygen atoms in total. The normalized spacial score (nSPS) is 11.0. The third-order valence-corrected chi connectivity index (χ3v) is 5.45. The Hall–Kier alpha value is -2.99. The van der Waals surface area contributed by atoms with E-state index >= 15 is 0 Å². The lowest BCUT2D eigenvalue weighted by Gasteiger charge is -2.07. The predicted molar refractivity (Wildman–Crippen MR) is 106 cm³/mol. The molecule has 3 aromatic heterocycles. The van der Waals surface area contributed by atoms with Gasteiger partial charge in [0.2, 0.25) is 0 Å². The van der Waals surface area contributed by atoms with Crippen molar-refractivity contribution < 1.29 is 9.18 Å². The van der Waals surface area contributed by atoms with Crippen LogP contribution in [0, 0.1) is 5.82 Å². The fourth-order valence-corrected chi connectivity index (χ4v) is 3.94. The molecule has 27 heavy (non-hydrogen) atoms. The number of H-pyrrole nitrogens is 1. The second-order valence-corrected chi connectivity index (χ2v) is 7.21. The summed E-state index contributed by atoms with van der Waals surface area (Å²) in [4.78, 5) is 20.7. The Labute approximate surface area is 160 Å². The summed E-state index contributed by atoms with van der Waals surface area (Å²) in [6.45, 7) is 0.513. The van der Waals surface area contributed by atoms with Crippen molar-refractivity contribution in [2.24, 2.45) is 0 Å². The summed E-state index contributed by atoms with van der Waals surface area (Å²) >= 11 is 1.45. The number of nitrogens with one attached hydrogen (secondary N) is 2. The van der Waals surface area contributed by atoms with E-state index in [0.717, 1.165) is 32.6 Å². The zero-order valence-electron chi connectivity index (χ0n) is 14.5. The van der Waals surface area contributed by atoms with Crippen molar-refractivity contribution in [3.8, 4) is 0 Å². The van der Waals surface area contributed by atoms with Crippen LogP contribution in [0.3, 0.4) is 0 Å². The molecular weight excluding hydrogens is 361 g/mol. The molecule has 0 aliphatic heterocycles. The fourth-order valence-electron chi connectivity index (χ4n) is 3.10. The van der Waals surface area contributed by atoms with E-state index in [0.29, 0.717) is 19.4 Å². The van der Waals surface area contributed by atoms with Crippen molar-refractivity contribution in [2.75, 3.05) is 6.54 Å². The monoisotopic (exact) mass is 379 g/mol. The number of aromatic nitrogens is 2. The molecule has 136 valence electrons. The number of aromatic amines is 1. The number of hydrogen-bond acceptors (Lipinski definition) is 3. The number of fused-ring (bicyclic) bond motifs is 1. The zero-order valence-corrected chi connectivity index (χ0v) is 15.4. The molecule has 6 heteroatoms. The van der Waals surface area contributed by atoms with Gasteiger partial charge in [-0.05, 0) is 65.2 Å². The third-order valence-electron chi connectivity index (χ3n) is 4.50. The van der Waals surface area contributed by atoms with E-state index in [9.17, 15) is 9.18 Å². The molecule has 0 fully saturated rings. The fraction of sp³-hybridized carbons (Fsp3) is 0.143. The molecule has 2 N–H and O–H groups in total. The van der Waals surface area contributed by atoms with Crippen molar-refractivity contribution in [1.82, 2.24) is 15.3 Å². The van der Waals surface area contributed by atoms with Crippen LogP contribution in [0.25, 0.3) is 11.0 Å². The molecule has 0 atom stereocenters. The molecule has 0 bridgehead atoms. The molecule has 0 unspecified atom stereocenters. The summed E-state index contributed by atoms with van der Waals surface area (Å²) in [6, 6.07) is 12.3. The minimum atomic E-state index is -0.251. The van der Waals surface area contributed by atoms with Gasteiger partial charge in [-0.2, -0.15) is 0 Å². The second kappa shape index (κ2) is 7.72. The van der Waals surface area contributed by atoms with Crippen molar-refractivity contribution in [3.05, 3.63) is 87.6 Å². The number of carbonyl (C=O) groups is 1. The largest absolute Gasteiger partial charge is 0.351 e. The van der Waals surface area contributed by atoms with Gasteiger partial charge in [0.15, 0.2) is 0 Å². The summed E-state index contributed by atoms with van der Waals surface area (Å²) < 4.78 is 12.9. The van der Waals surface area contributed by atoms with E-state index in [4.69, 9.17) is 0 Å². The summed E-state index contributed by atoms with van der Waals surface area (Å²) in [5.74, 6) is -0.319. The van der Waals surface area contributed by atoms with E-state index in [-0.39, 0.29) is 11.7 Å². The Kier molecular flexibility index (Phi) is 4.98. The number of benzene rings is 1.